The van der Waals surface area contributed by atoms with E-state index in [1.165, 1.54) is 0 Å². The van der Waals surface area contributed by atoms with Crippen LogP contribution in [0.3, 0.4) is 0 Å². The first-order chi connectivity index (χ1) is 8.85. The van der Waals surface area contributed by atoms with Gasteiger partial charge in [-0.25, -0.2) is 0 Å². The maximum absolute atomic E-state index is 10.3. The summed E-state index contributed by atoms with van der Waals surface area (Å²) in [6.07, 6.45) is 0.262. The Morgan fingerprint density at radius 1 is 1.21 bits per heavy atom. The van der Waals surface area contributed by atoms with E-state index in [1.807, 2.05) is 18.2 Å². The Morgan fingerprint density at radius 2 is 1.84 bits per heavy atom. The van der Waals surface area contributed by atoms with Gasteiger partial charge in [-0.05, 0) is 29.5 Å². The van der Waals surface area contributed by atoms with Crippen molar-refractivity contribution in [1.82, 2.24) is 0 Å². The van der Waals surface area contributed by atoms with Crippen LogP contribution in [0.25, 0.3) is 0 Å². The number of hydrogen-bond donors (Lipinski definition) is 1. The van der Waals surface area contributed by atoms with Crippen LogP contribution >= 0.6 is 0 Å². The van der Waals surface area contributed by atoms with Crippen molar-refractivity contribution in [2.75, 3.05) is 13.2 Å². The summed E-state index contributed by atoms with van der Waals surface area (Å²) in [4.78, 5) is 0. The number of aliphatic hydroxyl groups is 1. The van der Waals surface area contributed by atoms with Crippen LogP contribution < -0.4 is 9.47 Å². The molecule has 0 fully saturated rings. The fraction of sp³-hybridized carbons (Fsp3) is 0.625. The molecule has 2 atom stereocenters. The van der Waals surface area contributed by atoms with Gasteiger partial charge >= 0.3 is 0 Å². The second-order valence-corrected chi connectivity index (χ2v) is 6.71. The summed E-state index contributed by atoms with van der Waals surface area (Å²) in [5, 5.41) is 10.3. The lowest BCUT2D eigenvalue weighted by atomic mass is 9.87. The molecule has 3 nitrogen and oxygen atoms in total. The summed E-state index contributed by atoms with van der Waals surface area (Å²) in [5.74, 6) is 1.90. The molecule has 0 aromatic heterocycles. The van der Waals surface area contributed by atoms with E-state index >= 15 is 0 Å². The molecule has 1 aromatic carbocycles. The zero-order valence-electron chi connectivity index (χ0n) is 12.3. The van der Waals surface area contributed by atoms with E-state index < -0.39 is 6.10 Å². The summed E-state index contributed by atoms with van der Waals surface area (Å²) in [5.41, 5.74) is 0.991. The molecule has 1 aliphatic rings. The fourth-order valence-electron chi connectivity index (χ4n) is 2.17. The number of rotatable bonds is 2. The van der Waals surface area contributed by atoms with Crippen LogP contribution in [0.2, 0.25) is 0 Å². The number of ether oxygens (including phenoxy) is 2. The first-order valence-electron chi connectivity index (χ1n) is 6.93. The van der Waals surface area contributed by atoms with Crippen LogP contribution in [-0.2, 0) is 0 Å². The van der Waals surface area contributed by atoms with Gasteiger partial charge in [0, 0.05) is 5.92 Å². The molecule has 2 unspecified atom stereocenters. The summed E-state index contributed by atoms with van der Waals surface area (Å²) >= 11 is 0. The Morgan fingerprint density at radius 3 is 2.47 bits per heavy atom. The highest BCUT2D eigenvalue weighted by atomic mass is 16.5. The van der Waals surface area contributed by atoms with Crippen molar-refractivity contribution in [3.63, 3.8) is 0 Å². The zero-order chi connectivity index (χ0) is 14.0. The van der Waals surface area contributed by atoms with Gasteiger partial charge in [0.25, 0.3) is 0 Å². The largest absolute Gasteiger partial charge is 0.489 e. The van der Waals surface area contributed by atoms with E-state index in [9.17, 15) is 5.11 Å². The maximum atomic E-state index is 10.3. The Kier molecular flexibility index (Phi) is 4.04. The summed E-state index contributed by atoms with van der Waals surface area (Å²) in [7, 11) is 0. The minimum absolute atomic E-state index is 0.0953. The molecule has 0 saturated heterocycles. The fourth-order valence-corrected chi connectivity index (χ4v) is 2.17. The quantitative estimate of drug-likeness (QED) is 0.887. The summed E-state index contributed by atoms with van der Waals surface area (Å²) in [6, 6.07) is 5.73. The molecule has 0 aliphatic carbocycles. The van der Waals surface area contributed by atoms with Gasteiger partial charge in [0.15, 0.2) is 11.5 Å². The number of fused-ring (bicyclic) bond motifs is 1. The lowest BCUT2D eigenvalue weighted by molar-refractivity contribution is 0.122. The molecule has 0 radical (unpaired) electrons. The number of aliphatic hydroxyl groups excluding tert-OH is 1. The molecule has 1 aliphatic heterocycles. The molecule has 2 rings (SSSR count). The molecular formula is C16H24O3. The SMILES string of the molecule is CC1COc2ccc(C(O)CC(C)(C)C)cc2OC1. The maximum Gasteiger partial charge on any atom is 0.161 e. The molecule has 1 heterocycles. The third kappa shape index (κ3) is 3.87. The Hall–Kier alpha value is -1.22. The average molecular weight is 264 g/mol. The number of benzene rings is 1. The molecule has 0 amide bonds. The van der Waals surface area contributed by atoms with Crippen molar-refractivity contribution in [3.8, 4) is 11.5 Å². The van der Waals surface area contributed by atoms with Gasteiger partial charge in [-0.15, -0.1) is 0 Å². The van der Waals surface area contributed by atoms with Gasteiger partial charge in [0.1, 0.15) is 0 Å². The Balaban J connectivity index is 2.17. The summed E-state index contributed by atoms with van der Waals surface area (Å²) in [6.45, 7) is 9.81. The molecule has 0 bridgehead atoms. The van der Waals surface area contributed by atoms with E-state index in [2.05, 4.69) is 27.7 Å². The van der Waals surface area contributed by atoms with Crippen molar-refractivity contribution in [3.05, 3.63) is 23.8 Å². The second kappa shape index (κ2) is 5.41. The van der Waals surface area contributed by atoms with Gasteiger partial charge < -0.3 is 14.6 Å². The molecule has 106 valence electrons. The van der Waals surface area contributed by atoms with E-state index in [0.29, 0.717) is 19.1 Å². The van der Waals surface area contributed by atoms with E-state index in [4.69, 9.17) is 9.47 Å². The van der Waals surface area contributed by atoms with Crippen molar-refractivity contribution >= 4 is 0 Å². The van der Waals surface area contributed by atoms with Crippen LogP contribution in [0, 0.1) is 11.3 Å². The lowest BCUT2D eigenvalue weighted by Crippen LogP contribution is -2.12. The first-order valence-corrected chi connectivity index (χ1v) is 6.93. The van der Waals surface area contributed by atoms with Gasteiger partial charge in [0.2, 0.25) is 0 Å². The predicted molar refractivity (Wildman–Crippen MR) is 75.6 cm³/mol. The highest BCUT2D eigenvalue weighted by molar-refractivity contribution is 5.44. The Bertz CT molecular complexity index is 434. The topological polar surface area (TPSA) is 38.7 Å². The predicted octanol–water partition coefficient (Wildman–Crippen LogP) is 3.56. The van der Waals surface area contributed by atoms with Crippen LogP contribution in [0.4, 0.5) is 0 Å². The van der Waals surface area contributed by atoms with Crippen LogP contribution in [0.5, 0.6) is 11.5 Å². The highest BCUT2D eigenvalue weighted by Gasteiger charge is 2.21. The smallest absolute Gasteiger partial charge is 0.161 e. The van der Waals surface area contributed by atoms with Gasteiger partial charge in [-0.3, -0.25) is 0 Å². The van der Waals surface area contributed by atoms with Crippen molar-refractivity contribution < 1.29 is 14.6 Å². The Labute approximate surface area is 115 Å². The van der Waals surface area contributed by atoms with E-state index in [-0.39, 0.29) is 5.41 Å². The van der Waals surface area contributed by atoms with Gasteiger partial charge in [-0.2, -0.15) is 0 Å². The molecular weight excluding hydrogens is 240 g/mol. The average Bonchev–Trinajstić information content (AvgIpc) is 2.49. The van der Waals surface area contributed by atoms with Crippen molar-refractivity contribution in [2.45, 2.75) is 40.2 Å². The highest BCUT2D eigenvalue weighted by Crippen LogP contribution is 2.36. The molecule has 19 heavy (non-hydrogen) atoms. The van der Waals surface area contributed by atoms with Crippen LogP contribution in [0.15, 0.2) is 18.2 Å². The molecule has 3 heteroatoms. The standard InChI is InChI=1S/C16H24O3/c1-11-9-18-14-6-5-12(7-15(14)19-10-11)13(17)8-16(2,3)4/h5-7,11,13,17H,8-10H2,1-4H3. The normalized spacial score (nSPS) is 20.8. The lowest BCUT2D eigenvalue weighted by Gasteiger charge is -2.23. The second-order valence-electron chi connectivity index (χ2n) is 6.71. The van der Waals surface area contributed by atoms with Crippen molar-refractivity contribution in [1.29, 1.82) is 0 Å². The first kappa shape index (κ1) is 14.2. The minimum Gasteiger partial charge on any atom is -0.489 e. The minimum atomic E-state index is -0.463. The number of hydrogen-bond acceptors (Lipinski definition) is 3. The molecule has 1 aromatic rings. The van der Waals surface area contributed by atoms with E-state index in [0.717, 1.165) is 23.5 Å². The van der Waals surface area contributed by atoms with E-state index in [1.54, 1.807) is 0 Å². The van der Waals surface area contributed by atoms with Gasteiger partial charge in [-0.1, -0.05) is 33.8 Å². The summed E-state index contributed by atoms with van der Waals surface area (Å²) < 4.78 is 11.4. The van der Waals surface area contributed by atoms with Crippen LogP contribution in [-0.4, -0.2) is 18.3 Å². The zero-order valence-corrected chi connectivity index (χ0v) is 12.3. The van der Waals surface area contributed by atoms with Crippen molar-refractivity contribution in [2.24, 2.45) is 11.3 Å². The third-order valence-corrected chi connectivity index (χ3v) is 3.20. The van der Waals surface area contributed by atoms with Crippen LogP contribution in [0.1, 0.15) is 45.8 Å². The third-order valence-electron chi connectivity index (χ3n) is 3.20. The molecule has 1 N–H and O–H groups in total. The van der Waals surface area contributed by atoms with Gasteiger partial charge in [0.05, 0.1) is 19.3 Å². The monoisotopic (exact) mass is 264 g/mol. The molecule has 0 spiro atoms. The molecule has 0 saturated carbocycles.